The van der Waals surface area contributed by atoms with Crippen molar-refractivity contribution in [3.8, 4) is 17.2 Å². The highest BCUT2D eigenvalue weighted by molar-refractivity contribution is 5.94. The third-order valence-corrected chi connectivity index (χ3v) is 5.05. The molecule has 0 bridgehead atoms. The van der Waals surface area contributed by atoms with E-state index in [-0.39, 0.29) is 5.91 Å². The van der Waals surface area contributed by atoms with E-state index in [0.717, 1.165) is 31.6 Å². The molecule has 3 aromatic rings. The number of hydrogen-bond donors (Lipinski definition) is 0. The molecule has 1 aliphatic heterocycles. The molecule has 7 nitrogen and oxygen atoms in total. The number of rotatable bonds is 5. The molecule has 29 heavy (non-hydrogen) atoms. The highest BCUT2D eigenvalue weighted by Crippen LogP contribution is 2.18. The molecule has 1 amide bonds. The third-order valence-electron chi connectivity index (χ3n) is 5.05. The Hall–Kier alpha value is -3.19. The summed E-state index contributed by atoms with van der Waals surface area (Å²) in [5.41, 5.74) is 1.57. The first-order valence-corrected chi connectivity index (χ1v) is 9.76. The van der Waals surface area contributed by atoms with Crippen molar-refractivity contribution in [1.82, 2.24) is 19.9 Å². The van der Waals surface area contributed by atoms with Crippen molar-refractivity contribution in [2.45, 2.75) is 13.0 Å². The molecule has 0 unspecified atom stereocenters. The van der Waals surface area contributed by atoms with Gasteiger partial charge in [-0.3, -0.25) is 9.69 Å². The fraction of sp³-hybridized carbons (Fsp3) is 0.318. The lowest BCUT2D eigenvalue weighted by molar-refractivity contribution is 0.0760. The van der Waals surface area contributed by atoms with Crippen LogP contribution in [-0.4, -0.2) is 59.1 Å². The van der Waals surface area contributed by atoms with Gasteiger partial charge in [0, 0.05) is 37.3 Å². The summed E-state index contributed by atoms with van der Waals surface area (Å²) in [6, 6.07) is 17.1. The van der Waals surface area contributed by atoms with E-state index in [1.807, 2.05) is 53.4 Å². The summed E-state index contributed by atoms with van der Waals surface area (Å²) in [5.74, 6) is 1.93. The summed E-state index contributed by atoms with van der Waals surface area (Å²) in [6.07, 6.45) is 0.902. The molecule has 0 atom stereocenters. The number of benzene rings is 2. The largest absolute Gasteiger partial charge is 0.497 e. The molecule has 2 aromatic carbocycles. The van der Waals surface area contributed by atoms with Crippen molar-refractivity contribution in [2.24, 2.45) is 0 Å². The minimum Gasteiger partial charge on any atom is -0.497 e. The van der Waals surface area contributed by atoms with Crippen LogP contribution in [0.5, 0.6) is 5.75 Å². The summed E-state index contributed by atoms with van der Waals surface area (Å²) in [7, 11) is 1.61. The minimum atomic E-state index is 0.0386. The van der Waals surface area contributed by atoms with Crippen molar-refractivity contribution in [2.75, 3.05) is 33.3 Å². The zero-order chi connectivity index (χ0) is 20.1. The van der Waals surface area contributed by atoms with Crippen molar-refractivity contribution >= 4 is 5.91 Å². The highest BCUT2D eigenvalue weighted by atomic mass is 16.5. The molecule has 0 spiro atoms. The van der Waals surface area contributed by atoms with Crippen LogP contribution < -0.4 is 4.74 Å². The maximum Gasteiger partial charge on any atom is 0.257 e. The zero-order valence-corrected chi connectivity index (χ0v) is 16.5. The summed E-state index contributed by atoms with van der Waals surface area (Å²) >= 11 is 0. The van der Waals surface area contributed by atoms with Crippen LogP contribution in [0, 0.1) is 0 Å². The number of carbonyl (C=O) groups is 1. The number of nitrogens with zero attached hydrogens (tertiary/aromatic N) is 4. The second-order valence-corrected chi connectivity index (χ2v) is 7.04. The number of hydrogen-bond acceptors (Lipinski definition) is 6. The second kappa shape index (κ2) is 8.87. The van der Waals surface area contributed by atoms with Crippen LogP contribution >= 0.6 is 0 Å². The van der Waals surface area contributed by atoms with E-state index in [1.54, 1.807) is 13.2 Å². The van der Waals surface area contributed by atoms with E-state index in [1.165, 1.54) is 0 Å². The summed E-state index contributed by atoms with van der Waals surface area (Å²) < 4.78 is 10.6. The van der Waals surface area contributed by atoms with Crippen molar-refractivity contribution < 1.29 is 14.1 Å². The van der Waals surface area contributed by atoms with E-state index in [2.05, 4.69) is 15.0 Å². The molecular formula is C22H24N4O3. The van der Waals surface area contributed by atoms with E-state index in [0.29, 0.717) is 36.1 Å². The van der Waals surface area contributed by atoms with Gasteiger partial charge in [-0.2, -0.15) is 4.98 Å². The van der Waals surface area contributed by atoms with Gasteiger partial charge in [-0.15, -0.1) is 0 Å². The van der Waals surface area contributed by atoms with Crippen molar-refractivity contribution in [3.63, 3.8) is 0 Å². The fourth-order valence-electron chi connectivity index (χ4n) is 3.49. The molecule has 0 N–H and O–H groups in total. The summed E-state index contributed by atoms with van der Waals surface area (Å²) in [5, 5.41) is 4.12. The second-order valence-electron chi connectivity index (χ2n) is 7.04. The van der Waals surface area contributed by atoms with Gasteiger partial charge in [0.05, 0.1) is 13.7 Å². The normalized spacial score (nSPS) is 15.1. The maximum atomic E-state index is 12.9. The highest BCUT2D eigenvalue weighted by Gasteiger charge is 2.22. The van der Waals surface area contributed by atoms with Gasteiger partial charge in [0.2, 0.25) is 0 Å². The number of carbonyl (C=O) groups excluding carboxylic acids is 1. The molecule has 1 saturated heterocycles. The first kappa shape index (κ1) is 19.1. The number of methoxy groups -OCH3 is 1. The SMILES string of the molecule is COc1cccc(C(=O)N2CCCN(Cc3noc(-c4ccccc4)n3)CC2)c1. The third kappa shape index (κ3) is 4.63. The average Bonchev–Trinajstić information content (AvgIpc) is 3.12. The number of amides is 1. The van der Waals surface area contributed by atoms with Crippen LogP contribution in [0.25, 0.3) is 11.5 Å². The first-order valence-electron chi connectivity index (χ1n) is 9.76. The fourth-order valence-corrected chi connectivity index (χ4v) is 3.49. The predicted octanol–water partition coefficient (Wildman–Crippen LogP) is 3.09. The Kier molecular flexibility index (Phi) is 5.86. The molecule has 150 valence electrons. The maximum absolute atomic E-state index is 12.9. The quantitative estimate of drug-likeness (QED) is 0.664. The van der Waals surface area contributed by atoms with Gasteiger partial charge < -0.3 is 14.2 Å². The minimum absolute atomic E-state index is 0.0386. The standard InChI is InChI=1S/C22H24N4O3/c1-28-19-10-5-9-18(15-19)22(27)26-12-6-11-25(13-14-26)16-20-23-21(29-24-20)17-7-3-2-4-8-17/h2-5,7-10,15H,6,11-14,16H2,1H3. The van der Waals surface area contributed by atoms with Gasteiger partial charge >= 0.3 is 0 Å². The molecule has 0 radical (unpaired) electrons. The lowest BCUT2D eigenvalue weighted by atomic mass is 10.2. The Morgan fingerprint density at radius 3 is 2.76 bits per heavy atom. The summed E-state index contributed by atoms with van der Waals surface area (Å²) in [6.45, 7) is 3.66. The first-order chi connectivity index (χ1) is 14.2. The Labute approximate surface area is 169 Å². The van der Waals surface area contributed by atoms with E-state index >= 15 is 0 Å². The Morgan fingerprint density at radius 2 is 1.93 bits per heavy atom. The molecule has 1 aromatic heterocycles. The van der Waals surface area contributed by atoms with Crippen LogP contribution in [-0.2, 0) is 6.54 Å². The molecule has 1 fully saturated rings. The predicted molar refractivity (Wildman–Crippen MR) is 109 cm³/mol. The van der Waals surface area contributed by atoms with E-state index < -0.39 is 0 Å². The van der Waals surface area contributed by atoms with Gasteiger partial charge in [-0.1, -0.05) is 29.4 Å². The van der Waals surface area contributed by atoms with Gasteiger partial charge in [-0.05, 0) is 36.8 Å². The Bertz CT molecular complexity index is 957. The molecule has 7 heteroatoms. The molecule has 1 aliphatic rings. The topological polar surface area (TPSA) is 71.7 Å². The monoisotopic (exact) mass is 392 g/mol. The molecule has 0 saturated carbocycles. The number of ether oxygens (including phenoxy) is 1. The van der Waals surface area contributed by atoms with E-state index in [9.17, 15) is 4.79 Å². The van der Waals surface area contributed by atoms with Crippen LogP contribution in [0.1, 0.15) is 22.6 Å². The summed E-state index contributed by atoms with van der Waals surface area (Å²) in [4.78, 5) is 21.5. The smallest absolute Gasteiger partial charge is 0.257 e. The van der Waals surface area contributed by atoms with Crippen LogP contribution in [0.15, 0.2) is 59.1 Å². The van der Waals surface area contributed by atoms with Crippen molar-refractivity contribution in [1.29, 1.82) is 0 Å². The van der Waals surface area contributed by atoms with Crippen LogP contribution in [0.2, 0.25) is 0 Å². The van der Waals surface area contributed by atoms with Gasteiger partial charge in [0.1, 0.15) is 5.75 Å². The van der Waals surface area contributed by atoms with Crippen molar-refractivity contribution in [3.05, 3.63) is 66.0 Å². The number of aromatic nitrogens is 2. The van der Waals surface area contributed by atoms with E-state index in [4.69, 9.17) is 9.26 Å². The van der Waals surface area contributed by atoms with Crippen LogP contribution in [0.3, 0.4) is 0 Å². The zero-order valence-electron chi connectivity index (χ0n) is 16.5. The molecule has 4 rings (SSSR count). The van der Waals surface area contributed by atoms with Gasteiger partial charge in [0.15, 0.2) is 5.82 Å². The molecular weight excluding hydrogens is 368 g/mol. The van der Waals surface area contributed by atoms with Gasteiger partial charge in [-0.25, -0.2) is 0 Å². The molecule has 0 aliphatic carbocycles. The van der Waals surface area contributed by atoms with Crippen LogP contribution in [0.4, 0.5) is 0 Å². The lowest BCUT2D eigenvalue weighted by Crippen LogP contribution is -2.35. The molecule has 2 heterocycles. The van der Waals surface area contributed by atoms with Gasteiger partial charge in [0.25, 0.3) is 11.8 Å². The Balaban J connectivity index is 1.37. The lowest BCUT2D eigenvalue weighted by Gasteiger charge is -2.21. The average molecular weight is 392 g/mol. The Morgan fingerprint density at radius 1 is 1.07 bits per heavy atom.